The summed E-state index contributed by atoms with van der Waals surface area (Å²) in [6.45, 7) is 1.99. The van der Waals surface area contributed by atoms with Crippen molar-refractivity contribution in [1.29, 1.82) is 0 Å². The van der Waals surface area contributed by atoms with Gasteiger partial charge >= 0.3 is 0 Å². The van der Waals surface area contributed by atoms with Crippen molar-refractivity contribution in [2.45, 2.75) is 25.7 Å². The zero-order chi connectivity index (χ0) is 6.97. The Balaban J connectivity index is 2.32. The number of aromatic nitrogens is 2. The number of nitrogens with one attached hydrogen (secondary N) is 1. The van der Waals surface area contributed by atoms with Crippen molar-refractivity contribution in [2.24, 2.45) is 0 Å². The van der Waals surface area contributed by atoms with Crippen molar-refractivity contribution in [3.63, 3.8) is 0 Å². The Kier molecular flexibility index (Phi) is 1.19. The van der Waals surface area contributed by atoms with Gasteiger partial charge in [-0.3, -0.25) is 0 Å². The van der Waals surface area contributed by atoms with Crippen LogP contribution in [0.5, 0.6) is 0 Å². The normalized spacial score (nSPS) is 17.3. The molecule has 1 aromatic heterocycles. The molecule has 0 atom stereocenters. The van der Waals surface area contributed by atoms with E-state index in [9.17, 15) is 0 Å². The van der Waals surface area contributed by atoms with Gasteiger partial charge in [-0.15, -0.1) is 0 Å². The van der Waals surface area contributed by atoms with Crippen LogP contribution in [0.4, 0.5) is 0 Å². The third-order valence-corrected chi connectivity index (χ3v) is 1.84. The maximum Gasteiger partial charge on any atom is 0.293 e. The molecule has 0 aromatic carbocycles. The predicted molar refractivity (Wildman–Crippen MR) is 37.5 cm³/mol. The van der Waals surface area contributed by atoms with Crippen molar-refractivity contribution in [3.05, 3.63) is 23.8 Å². The highest BCUT2D eigenvalue weighted by Crippen LogP contribution is 2.38. The number of aryl methyl sites for hydroxylation is 1. The second-order valence-electron chi connectivity index (χ2n) is 2.87. The summed E-state index contributed by atoms with van der Waals surface area (Å²) in [5.74, 6) is 1.79. The minimum atomic E-state index is 0.772. The third kappa shape index (κ3) is 1.01. The number of rotatable bonds is 1. The highest BCUT2D eigenvalue weighted by atomic mass is 14.9. The summed E-state index contributed by atoms with van der Waals surface area (Å²) >= 11 is 0. The van der Waals surface area contributed by atoms with Crippen LogP contribution in [0.15, 0.2) is 12.3 Å². The highest BCUT2D eigenvalue weighted by Gasteiger charge is 2.28. The molecule has 0 bridgehead atoms. The first kappa shape index (κ1) is 5.83. The highest BCUT2D eigenvalue weighted by molar-refractivity contribution is 5.11. The smallest absolute Gasteiger partial charge is 0.248 e. The largest absolute Gasteiger partial charge is 0.293 e. The van der Waals surface area contributed by atoms with Gasteiger partial charge in [-0.2, -0.15) is 0 Å². The number of nitrogens with zero attached hydrogens (tertiary/aromatic N) is 1. The second kappa shape index (κ2) is 2.04. The molecule has 0 aliphatic heterocycles. The van der Waals surface area contributed by atoms with Gasteiger partial charge in [0, 0.05) is 18.9 Å². The van der Waals surface area contributed by atoms with Gasteiger partial charge in [0.2, 0.25) is 0 Å². The van der Waals surface area contributed by atoms with Crippen LogP contribution in [0.3, 0.4) is 0 Å². The van der Waals surface area contributed by atoms with Gasteiger partial charge in [-0.05, 0) is 12.8 Å². The lowest BCUT2D eigenvalue weighted by Crippen LogP contribution is -2.09. The summed E-state index contributed by atoms with van der Waals surface area (Å²) in [6.07, 6.45) is 4.63. The molecule has 2 heteroatoms. The quantitative estimate of drug-likeness (QED) is 0.566. The van der Waals surface area contributed by atoms with E-state index >= 15 is 0 Å². The minimum Gasteiger partial charge on any atom is -0.248 e. The molecular weight excluding hydrogens is 124 g/mol. The van der Waals surface area contributed by atoms with Crippen molar-refractivity contribution in [1.82, 2.24) is 4.98 Å². The summed E-state index contributed by atoms with van der Waals surface area (Å²) in [7, 11) is 0. The Bertz CT molecular complexity index is 241. The fourth-order valence-corrected chi connectivity index (χ4v) is 1.12. The third-order valence-electron chi connectivity index (χ3n) is 1.84. The second-order valence-corrected chi connectivity index (χ2v) is 2.87. The standard InChI is InChI=1S/C8H10N2/c1-6-9-5-4-8(10-6)7-2-3-7/h4-5,7H,2-3H2,1H3/p+1. The SMILES string of the molecule is Cc1nc(C2CC2)cc[nH+]1. The zero-order valence-electron chi connectivity index (χ0n) is 6.09. The summed E-state index contributed by atoms with van der Waals surface area (Å²) in [6, 6.07) is 2.07. The van der Waals surface area contributed by atoms with Gasteiger partial charge in [-0.1, -0.05) is 4.98 Å². The molecule has 52 valence electrons. The van der Waals surface area contributed by atoms with E-state index < -0.39 is 0 Å². The monoisotopic (exact) mass is 135 g/mol. The molecule has 1 aliphatic rings. The number of hydrogen-bond acceptors (Lipinski definition) is 1. The van der Waals surface area contributed by atoms with Crippen LogP contribution in [-0.4, -0.2) is 4.98 Å². The van der Waals surface area contributed by atoms with Crippen LogP contribution in [0.1, 0.15) is 30.3 Å². The van der Waals surface area contributed by atoms with E-state index in [0.29, 0.717) is 0 Å². The molecule has 0 saturated heterocycles. The van der Waals surface area contributed by atoms with Gasteiger partial charge in [0.1, 0.15) is 0 Å². The molecule has 0 unspecified atom stereocenters. The van der Waals surface area contributed by atoms with E-state index in [-0.39, 0.29) is 0 Å². The first-order chi connectivity index (χ1) is 4.86. The molecule has 1 aromatic rings. The molecular formula is C8H11N2+. The lowest BCUT2D eigenvalue weighted by Gasteiger charge is -1.86. The van der Waals surface area contributed by atoms with Crippen molar-refractivity contribution >= 4 is 0 Å². The van der Waals surface area contributed by atoms with E-state index in [1.807, 2.05) is 13.1 Å². The van der Waals surface area contributed by atoms with Gasteiger partial charge in [0.25, 0.3) is 5.82 Å². The van der Waals surface area contributed by atoms with Crippen LogP contribution in [-0.2, 0) is 0 Å². The maximum absolute atomic E-state index is 4.38. The Hall–Kier alpha value is -0.920. The summed E-state index contributed by atoms with van der Waals surface area (Å²) in [4.78, 5) is 7.42. The molecule has 10 heavy (non-hydrogen) atoms. The topological polar surface area (TPSA) is 27.0 Å². The Morgan fingerprint density at radius 3 is 3.00 bits per heavy atom. The first-order valence-corrected chi connectivity index (χ1v) is 3.71. The van der Waals surface area contributed by atoms with Crippen LogP contribution < -0.4 is 4.98 Å². The van der Waals surface area contributed by atoms with Crippen LogP contribution in [0, 0.1) is 6.92 Å². The molecule has 2 nitrogen and oxygen atoms in total. The average molecular weight is 135 g/mol. The van der Waals surface area contributed by atoms with E-state index in [2.05, 4.69) is 16.0 Å². The molecule has 1 fully saturated rings. The molecule has 0 radical (unpaired) electrons. The molecule has 1 N–H and O–H groups in total. The summed E-state index contributed by atoms with van der Waals surface area (Å²) < 4.78 is 0. The maximum atomic E-state index is 4.38. The molecule has 0 amide bonds. The molecule has 1 aliphatic carbocycles. The van der Waals surface area contributed by atoms with Crippen LogP contribution >= 0.6 is 0 Å². The van der Waals surface area contributed by atoms with E-state index in [1.54, 1.807) is 0 Å². The molecule has 2 rings (SSSR count). The lowest BCUT2D eigenvalue weighted by molar-refractivity contribution is -0.393. The zero-order valence-corrected chi connectivity index (χ0v) is 6.09. The van der Waals surface area contributed by atoms with E-state index in [1.165, 1.54) is 18.5 Å². The summed E-state index contributed by atoms with van der Waals surface area (Å²) in [5, 5.41) is 0. The Morgan fingerprint density at radius 1 is 1.60 bits per heavy atom. The minimum absolute atomic E-state index is 0.772. The van der Waals surface area contributed by atoms with Crippen molar-refractivity contribution < 1.29 is 4.98 Å². The van der Waals surface area contributed by atoms with Crippen molar-refractivity contribution in [2.75, 3.05) is 0 Å². The van der Waals surface area contributed by atoms with Crippen molar-refractivity contribution in [3.8, 4) is 0 Å². The van der Waals surface area contributed by atoms with Gasteiger partial charge in [0.15, 0.2) is 5.69 Å². The van der Waals surface area contributed by atoms with Gasteiger partial charge in [-0.25, -0.2) is 4.98 Å². The molecule has 1 heterocycles. The van der Waals surface area contributed by atoms with Gasteiger partial charge in [0.05, 0.1) is 6.20 Å². The number of hydrogen-bond donors (Lipinski definition) is 0. The van der Waals surface area contributed by atoms with Crippen LogP contribution in [0.2, 0.25) is 0 Å². The lowest BCUT2D eigenvalue weighted by atomic mass is 10.3. The number of aromatic amines is 1. The fraction of sp³-hybridized carbons (Fsp3) is 0.500. The Labute approximate surface area is 60.3 Å². The predicted octanol–water partition coefficient (Wildman–Crippen LogP) is 1.08. The Morgan fingerprint density at radius 2 is 2.40 bits per heavy atom. The molecule has 1 saturated carbocycles. The number of H-pyrrole nitrogens is 1. The fourth-order valence-electron chi connectivity index (χ4n) is 1.12. The molecule has 0 spiro atoms. The summed E-state index contributed by atoms with van der Waals surface area (Å²) in [5.41, 5.74) is 1.26. The first-order valence-electron chi connectivity index (χ1n) is 3.71. The van der Waals surface area contributed by atoms with E-state index in [4.69, 9.17) is 0 Å². The average Bonchev–Trinajstić information content (AvgIpc) is 2.68. The van der Waals surface area contributed by atoms with Gasteiger partial charge < -0.3 is 0 Å². The van der Waals surface area contributed by atoms with E-state index in [0.717, 1.165) is 11.7 Å². The van der Waals surface area contributed by atoms with Crippen LogP contribution in [0.25, 0.3) is 0 Å².